The lowest BCUT2D eigenvalue weighted by atomic mass is 10.0. The summed E-state index contributed by atoms with van der Waals surface area (Å²) in [5.41, 5.74) is 3.74. The minimum Gasteiger partial charge on any atom is -0.363 e. The molecule has 1 N–H and O–H groups in total. The Morgan fingerprint density at radius 3 is 2.74 bits per heavy atom. The van der Waals surface area contributed by atoms with Gasteiger partial charge in [-0.05, 0) is 40.8 Å². The number of thiophene rings is 1. The second-order valence-corrected chi connectivity index (χ2v) is 4.93. The third kappa shape index (κ3) is 2.91. The van der Waals surface area contributed by atoms with Crippen LogP contribution in [0.2, 0.25) is 0 Å². The summed E-state index contributed by atoms with van der Waals surface area (Å²) in [7, 11) is 0. The number of aromatic nitrogens is 2. The lowest BCUT2D eigenvalue weighted by Crippen LogP contribution is -2.09. The monoisotopic (exact) mass is 272 g/mol. The fraction of sp³-hybridized carbons (Fsp3) is 0.357. The van der Waals surface area contributed by atoms with E-state index in [-0.39, 0.29) is 0 Å². The number of aryl methyl sites for hydroxylation is 1. The molecule has 0 spiro atoms. The van der Waals surface area contributed by atoms with Crippen molar-refractivity contribution in [2.75, 3.05) is 5.32 Å². The Morgan fingerprint density at radius 1 is 1.32 bits per heavy atom. The molecule has 0 atom stereocenters. The number of hydrogen-bond donors (Lipinski definition) is 1. The van der Waals surface area contributed by atoms with Crippen LogP contribution in [0.3, 0.4) is 0 Å². The molecule has 4 nitrogen and oxygen atoms in total. The Morgan fingerprint density at radius 2 is 2.16 bits per heavy atom. The van der Waals surface area contributed by atoms with Crippen LogP contribution < -0.4 is 5.32 Å². The van der Waals surface area contributed by atoms with Gasteiger partial charge in [-0.1, -0.05) is 13.8 Å². The van der Waals surface area contributed by atoms with E-state index in [0.29, 0.717) is 17.9 Å². The van der Waals surface area contributed by atoms with Crippen LogP contribution in [0, 0.1) is 11.3 Å². The van der Waals surface area contributed by atoms with Crippen LogP contribution in [0.15, 0.2) is 16.8 Å². The van der Waals surface area contributed by atoms with Gasteiger partial charge in [0.1, 0.15) is 11.6 Å². The molecule has 2 rings (SSSR count). The third-order valence-corrected chi connectivity index (χ3v) is 3.73. The lowest BCUT2D eigenvalue weighted by Gasteiger charge is -2.11. The van der Waals surface area contributed by atoms with E-state index < -0.39 is 0 Å². The van der Waals surface area contributed by atoms with Gasteiger partial charge in [-0.2, -0.15) is 21.7 Å². The molecule has 2 aromatic rings. The van der Waals surface area contributed by atoms with Crippen LogP contribution in [0.5, 0.6) is 0 Å². The summed E-state index contributed by atoms with van der Waals surface area (Å²) < 4.78 is 0. The van der Waals surface area contributed by atoms with E-state index in [0.717, 1.165) is 24.1 Å². The molecule has 0 aromatic carbocycles. The van der Waals surface area contributed by atoms with Gasteiger partial charge in [0.25, 0.3) is 0 Å². The van der Waals surface area contributed by atoms with Gasteiger partial charge in [0.15, 0.2) is 5.82 Å². The summed E-state index contributed by atoms with van der Waals surface area (Å²) in [6, 6.07) is 4.31. The zero-order chi connectivity index (χ0) is 13.7. The molecular formula is C14H16N4S. The highest BCUT2D eigenvalue weighted by Crippen LogP contribution is 2.20. The van der Waals surface area contributed by atoms with Crippen LogP contribution in [0.25, 0.3) is 0 Å². The van der Waals surface area contributed by atoms with Gasteiger partial charge < -0.3 is 5.32 Å². The van der Waals surface area contributed by atoms with Crippen LogP contribution in [0.4, 0.5) is 5.82 Å². The van der Waals surface area contributed by atoms with E-state index in [1.54, 1.807) is 11.3 Å². The number of nitrogens with one attached hydrogen (secondary N) is 1. The average molecular weight is 272 g/mol. The highest BCUT2D eigenvalue weighted by molar-refractivity contribution is 7.07. The predicted octanol–water partition coefficient (Wildman–Crippen LogP) is 3.15. The Hall–Kier alpha value is -1.93. The molecule has 19 heavy (non-hydrogen) atoms. The second kappa shape index (κ2) is 6.30. The first-order valence-corrected chi connectivity index (χ1v) is 7.27. The first-order chi connectivity index (χ1) is 9.30. The Labute approximate surface area is 117 Å². The predicted molar refractivity (Wildman–Crippen MR) is 77.1 cm³/mol. The number of rotatable bonds is 5. The SMILES string of the molecule is CCc1nnc(NCc2ccsc2)c(C#N)c1CC. The number of nitriles is 1. The van der Waals surface area contributed by atoms with Crippen molar-refractivity contribution in [3.8, 4) is 6.07 Å². The summed E-state index contributed by atoms with van der Waals surface area (Å²) in [6.07, 6.45) is 1.60. The average Bonchev–Trinajstić information content (AvgIpc) is 2.96. The van der Waals surface area contributed by atoms with Gasteiger partial charge in [-0.15, -0.1) is 5.10 Å². The van der Waals surface area contributed by atoms with Gasteiger partial charge in [0.05, 0.1) is 5.69 Å². The molecule has 0 aliphatic rings. The van der Waals surface area contributed by atoms with Crippen LogP contribution in [0.1, 0.15) is 36.2 Å². The number of anilines is 1. The Kier molecular flexibility index (Phi) is 4.48. The van der Waals surface area contributed by atoms with Crippen molar-refractivity contribution < 1.29 is 0 Å². The molecule has 0 fully saturated rings. The van der Waals surface area contributed by atoms with Gasteiger partial charge in [0.2, 0.25) is 0 Å². The molecule has 98 valence electrons. The molecule has 2 aromatic heterocycles. The Bertz CT molecular complexity index is 584. The molecule has 5 heteroatoms. The van der Waals surface area contributed by atoms with Crippen molar-refractivity contribution >= 4 is 17.2 Å². The zero-order valence-electron chi connectivity index (χ0n) is 11.1. The van der Waals surface area contributed by atoms with Crippen molar-refractivity contribution in [2.24, 2.45) is 0 Å². The van der Waals surface area contributed by atoms with E-state index in [1.807, 2.05) is 19.2 Å². The van der Waals surface area contributed by atoms with Crippen LogP contribution in [-0.2, 0) is 19.4 Å². The maximum absolute atomic E-state index is 9.35. The van der Waals surface area contributed by atoms with Crippen molar-refractivity contribution in [3.63, 3.8) is 0 Å². The molecule has 2 heterocycles. The molecule has 0 saturated heterocycles. The number of hydrogen-bond acceptors (Lipinski definition) is 5. The summed E-state index contributed by atoms with van der Waals surface area (Å²) in [6.45, 7) is 4.74. The van der Waals surface area contributed by atoms with E-state index >= 15 is 0 Å². The van der Waals surface area contributed by atoms with Gasteiger partial charge in [-0.25, -0.2) is 0 Å². The van der Waals surface area contributed by atoms with Gasteiger partial charge in [0, 0.05) is 6.54 Å². The molecule has 0 amide bonds. The van der Waals surface area contributed by atoms with E-state index in [1.165, 1.54) is 5.56 Å². The molecule has 0 aliphatic carbocycles. The van der Waals surface area contributed by atoms with Gasteiger partial charge in [-0.3, -0.25) is 0 Å². The molecular weight excluding hydrogens is 256 g/mol. The standard InChI is InChI=1S/C14H16N4S/c1-3-11-12(7-15)14(18-17-13(11)4-2)16-8-10-5-6-19-9-10/h5-6,9H,3-4,8H2,1-2H3,(H,16,18). The van der Waals surface area contributed by atoms with E-state index in [9.17, 15) is 5.26 Å². The molecule has 0 aliphatic heterocycles. The maximum Gasteiger partial charge on any atom is 0.167 e. The highest BCUT2D eigenvalue weighted by atomic mass is 32.1. The summed E-state index contributed by atoms with van der Waals surface area (Å²) in [5, 5.41) is 25.0. The molecule has 0 radical (unpaired) electrons. The summed E-state index contributed by atoms with van der Waals surface area (Å²) in [4.78, 5) is 0. The molecule has 0 bridgehead atoms. The van der Waals surface area contributed by atoms with Crippen molar-refractivity contribution in [2.45, 2.75) is 33.2 Å². The van der Waals surface area contributed by atoms with Gasteiger partial charge >= 0.3 is 0 Å². The minimum absolute atomic E-state index is 0.586. The van der Waals surface area contributed by atoms with Crippen molar-refractivity contribution in [3.05, 3.63) is 39.2 Å². The quantitative estimate of drug-likeness (QED) is 0.908. The summed E-state index contributed by atoms with van der Waals surface area (Å²) in [5.74, 6) is 0.586. The van der Waals surface area contributed by atoms with Crippen LogP contribution in [-0.4, -0.2) is 10.2 Å². The van der Waals surface area contributed by atoms with Crippen molar-refractivity contribution in [1.82, 2.24) is 10.2 Å². The second-order valence-electron chi connectivity index (χ2n) is 4.15. The number of nitrogens with zero attached hydrogens (tertiary/aromatic N) is 3. The fourth-order valence-corrected chi connectivity index (χ4v) is 2.66. The minimum atomic E-state index is 0.586. The lowest BCUT2D eigenvalue weighted by molar-refractivity contribution is 0.869. The first kappa shape index (κ1) is 13.5. The summed E-state index contributed by atoms with van der Waals surface area (Å²) >= 11 is 1.66. The van der Waals surface area contributed by atoms with E-state index in [2.05, 4.69) is 33.0 Å². The fourth-order valence-electron chi connectivity index (χ4n) is 2.00. The first-order valence-electron chi connectivity index (χ1n) is 6.33. The largest absolute Gasteiger partial charge is 0.363 e. The normalized spacial score (nSPS) is 10.2. The van der Waals surface area contributed by atoms with E-state index in [4.69, 9.17) is 0 Å². The molecule has 0 unspecified atom stereocenters. The molecule has 0 saturated carbocycles. The maximum atomic E-state index is 9.35. The smallest absolute Gasteiger partial charge is 0.167 e. The topological polar surface area (TPSA) is 61.6 Å². The highest BCUT2D eigenvalue weighted by Gasteiger charge is 2.13. The van der Waals surface area contributed by atoms with Crippen molar-refractivity contribution in [1.29, 1.82) is 5.26 Å². The Balaban J connectivity index is 2.28. The third-order valence-electron chi connectivity index (χ3n) is 3.00. The van der Waals surface area contributed by atoms with Crippen LogP contribution >= 0.6 is 11.3 Å². The zero-order valence-corrected chi connectivity index (χ0v) is 11.9.